The van der Waals surface area contributed by atoms with Gasteiger partial charge < -0.3 is 14.5 Å². The van der Waals surface area contributed by atoms with Gasteiger partial charge >= 0.3 is 0 Å². The lowest BCUT2D eigenvalue weighted by atomic mass is 10.2. The summed E-state index contributed by atoms with van der Waals surface area (Å²) in [4.78, 5) is 16.2. The first-order valence-electron chi connectivity index (χ1n) is 8.49. The van der Waals surface area contributed by atoms with Gasteiger partial charge in [-0.25, -0.2) is 8.78 Å². The predicted octanol–water partition coefficient (Wildman–Crippen LogP) is 3.32. The molecule has 0 aromatic heterocycles. The summed E-state index contributed by atoms with van der Waals surface area (Å²) in [6.07, 6.45) is 0.195. The smallest absolute Gasteiger partial charge is 0.226 e. The Morgan fingerprint density at radius 1 is 1.00 bits per heavy atom. The fourth-order valence-corrected chi connectivity index (χ4v) is 2.41. The van der Waals surface area contributed by atoms with E-state index in [0.29, 0.717) is 25.4 Å². The molecule has 6 heteroatoms. The van der Waals surface area contributed by atoms with Gasteiger partial charge in [-0.15, -0.1) is 0 Å². The number of halogens is 2. The van der Waals surface area contributed by atoms with Crippen LogP contribution in [0.5, 0.6) is 5.75 Å². The first kappa shape index (κ1) is 19.8. The van der Waals surface area contributed by atoms with Crippen LogP contribution in [-0.2, 0) is 11.3 Å². The summed E-state index contributed by atoms with van der Waals surface area (Å²) < 4.78 is 31.8. The van der Waals surface area contributed by atoms with Crippen molar-refractivity contribution in [3.63, 3.8) is 0 Å². The molecule has 1 amide bonds. The maximum absolute atomic E-state index is 13.4. The summed E-state index contributed by atoms with van der Waals surface area (Å²) in [5.74, 6) is -0.206. The Balaban J connectivity index is 1.92. The zero-order valence-corrected chi connectivity index (χ0v) is 15.1. The molecule has 0 unspecified atom stereocenters. The van der Waals surface area contributed by atoms with E-state index in [0.717, 1.165) is 5.56 Å². The van der Waals surface area contributed by atoms with E-state index in [1.54, 1.807) is 17.0 Å². The quantitative estimate of drug-likeness (QED) is 0.686. The number of hydrogen-bond acceptors (Lipinski definition) is 3. The second-order valence-corrected chi connectivity index (χ2v) is 6.30. The van der Waals surface area contributed by atoms with Crippen LogP contribution in [0.1, 0.15) is 12.0 Å². The van der Waals surface area contributed by atoms with Gasteiger partial charge in [-0.3, -0.25) is 4.79 Å². The van der Waals surface area contributed by atoms with Crippen molar-refractivity contribution in [2.24, 2.45) is 0 Å². The van der Waals surface area contributed by atoms with E-state index in [1.165, 1.54) is 36.4 Å². The third-order valence-corrected chi connectivity index (χ3v) is 3.83. The molecule has 0 radical (unpaired) electrons. The lowest BCUT2D eigenvalue weighted by molar-refractivity contribution is -0.132. The molecule has 0 aliphatic rings. The van der Waals surface area contributed by atoms with Gasteiger partial charge in [-0.2, -0.15) is 0 Å². The van der Waals surface area contributed by atoms with Crippen molar-refractivity contribution in [2.45, 2.75) is 13.0 Å². The molecule has 0 heterocycles. The molecule has 0 atom stereocenters. The van der Waals surface area contributed by atoms with Crippen molar-refractivity contribution in [1.29, 1.82) is 0 Å². The minimum absolute atomic E-state index is 0.0711. The first-order chi connectivity index (χ1) is 12.4. The van der Waals surface area contributed by atoms with Gasteiger partial charge in [-0.1, -0.05) is 12.1 Å². The molecule has 0 saturated heterocycles. The molecule has 0 aliphatic carbocycles. The highest BCUT2D eigenvalue weighted by molar-refractivity contribution is 5.76. The lowest BCUT2D eigenvalue weighted by Crippen LogP contribution is -2.36. The van der Waals surface area contributed by atoms with Crippen molar-refractivity contribution in [1.82, 2.24) is 9.80 Å². The van der Waals surface area contributed by atoms with E-state index in [1.807, 2.05) is 19.0 Å². The summed E-state index contributed by atoms with van der Waals surface area (Å²) in [6.45, 7) is 1.80. The van der Waals surface area contributed by atoms with Crippen molar-refractivity contribution < 1.29 is 18.3 Å². The molecule has 0 saturated carbocycles. The zero-order valence-electron chi connectivity index (χ0n) is 15.1. The predicted molar refractivity (Wildman–Crippen MR) is 96.9 cm³/mol. The molecule has 4 nitrogen and oxygen atoms in total. The number of amides is 1. The summed E-state index contributed by atoms with van der Waals surface area (Å²) in [5.41, 5.74) is 0.747. The average Bonchev–Trinajstić information content (AvgIpc) is 2.60. The molecule has 0 spiro atoms. The summed E-state index contributed by atoms with van der Waals surface area (Å²) in [7, 11) is 3.87. The molecule has 2 rings (SSSR count). The van der Waals surface area contributed by atoms with Gasteiger partial charge in [0.2, 0.25) is 5.91 Å². The summed E-state index contributed by atoms with van der Waals surface area (Å²) in [6, 6.07) is 11.9. The largest absolute Gasteiger partial charge is 0.493 e. The van der Waals surface area contributed by atoms with Gasteiger partial charge in [0.05, 0.1) is 13.0 Å². The molecule has 0 bridgehead atoms. The van der Waals surface area contributed by atoms with Gasteiger partial charge in [-0.05, 0) is 56.1 Å². The maximum Gasteiger partial charge on any atom is 0.226 e. The van der Waals surface area contributed by atoms with Crippen LogP contribution in [0, 0.1) is 11.6 Å². The van der Waals surface area contributed by atoms with Crippen LogP contribution >= 0.6 is 0 Å². The lowest BCUT2D eigenvalue weighted by Gasteiger charge is -2.24. The molecule has 0 N–H and O–H groups in total. The molecular formula is C20H24F2N2O2. The second kappa shape index (κ2) is 9.87. The Morgan fingerprint density at radius 3 is 2.38 bits per heavy atom. The first-order valence-corrected chi connectivity index (χ1v) is 8.49. The summed E-state index contributed by atoms with van der Waals surface area (Å²) in [5, 5.41) is 0. The number of ether oxygens (including phenoxy) is 1. The Kier molecular flexibility index (Phi) is 7.53. The van der Waals surface area contributed by atoms with Crippen LogP contribution in [0.15, 0.2) is 48.5 Å². The summed E-state index contributed by atoms with van der Waals surface area (Å²) >= 11 is 0. The van der Waals surface area contributed by atoms with E-state index < -0.39 is 0 Å². The number of nitrogens with zero attached hydrogens (tertiary/aromatic N) is 2. The van der Waals surface area contributed by atoms with Crippen molar-refractivity contribution in [3.8, 4) is 5.75 Å². The Labute approximate surface area is 153 Å². The van der Waals surface area contributed by atoms with Crippen LogP contribution < -0.4 is 4.74 Å². The monoisotopic (exact) mass is 362 g/mol. The normalized spacial score (nSPS) is 10.8. The number of carbonyl (C=O) groups is 1. The highest BCUT2D eigenvalue weighted by Gasteiger charge is 2.15. The number of rotatable bonds is 9. The molecule has 0 fully saturated rings. The van der Waals surface area contributed by atoms with Crippen LogP contribution in [-0.4, -0.2) is 49.5 Å². The topological polar surface area (TPSA) is 32.8 Å². The number of carbonyl (C=O) groups excluding carboxylic acids is 1. The van der Waals surface area contributed by atoms with Crippen LogP contribution in [0.4, 0.5) is 8.78 Å². The minimum Gasteiger partial charge on any atom is -0.493 e. The van der Waals surface area contributed by atoms with Gasteiger partial charge in [0.15, 0.2) is 0 Å². The molecule has 26 heavy (non-hydrogen) atoms. The van der Waals surface area contributed by atoms with E-state index in [-0.39, 0.29) is 30.6 Å². The molecule has 140 valence electrons. The van der Waals surface area contributed by atoms with Gasteiger partial charge in [0.25, 0.3) is 0 Å². The average molecular weight is 362 g/mol. The van der Waals surface area contributed by atoms with Gasteiger partial charge in [0.1, 0.15) is 17.4 Å². The molecule has 2 aromatic rings. The Morgan fingerprint density at radius 2 is 1.73 bits per heavy atom. The second-order valence-electron chi connectivity index (χ2n) is 6.30. The third kappa shape index (κ3) is 6.80. The fraction of sp³-hybridized carbons (Fsp3) is 0.350. The number of likely N-dealkylation sites (N-methyl/N-ethyl adjacent to an activating group) is 1. The van der Waals surface area contributed by atoms with Crippen LogP contribution in [0.25, 0.3) is 0 Å². The highest BCUT2D eigenvalue weighted by atomic mass is 19.1. The third-order valence-electron chi connectivity index (χ3n) is 3.83. The molecule has 2 aromatic carbocycles. The van der Waals surface area contributed by atoms with Gasteiger partial charge in [0, 0.05) is 19.6 Å². The number of hydrogen-bond donors (Lipinski definition) is 0. The van der Waals surface area contributed by atoms with Crippen LogP contribution in [0.3, 0.4) is 0 Å². The minimum atomic E-state index is -0.335. The Bertz CT molecular complexity index is 705. The van der Waals surface area contributed by atoms with Crippen molar-refractivity contribution in [3.05, 3.63) is 65.7 Å². The van der Waals surface area contributed by atoms with E-state index >= 15 is 0 Å². The standard InChI is InChI=1S/C20H24F2N2O2/c1-23(2)11-12-24(15-16-4-3-5-18(22)14-16)20(25)10-13-26-19-8-6-17(21)7-9-19/h3-9,14H,10-13,15H2,1-2H3. The van der Waals surface area contributed by atoms with E-state index in [2.05, 4.69) is 0 Å². The van der Waals surface area contributed by atoms with E-state index in [4.69, 9.17) is 4.74 Å². The Hall–Kier alpha value is -2.47. The zero-order chi connectivity index (χ0) is 18.9. The maximum atomic E-state index is 13.4. The van der Waals surface area contributed by atoms with Crippen molar-refractivity contribution >= 4 is 5.91 Å². The van der Waals surface area contributed by atoms with Crippen LogP contribution in [0.2, 0.25) is 0 Å². The highest BCUT2D eigenvalue weighted by Crippen LogP contribution is 2.12. The number of benzene rings is 2. The SMILES string of the molecule is CN(C)CCN(Cc1cccc(F)c1)C(=O)CCOc1ccc(F)cc1. The molecule has 0 aliphatic heterocycles. The molecular weight excluding hydrogens is 338 g/mol. The van der Waals surface area contributed by atoms with Crippen molar-refractivity contribution in [2.75, 3.05) is 33.8 Å². The van der Waals surface area contributed by atoms with E-state index in [9.17, 15) is 13.6 Å². The fourth-order valence-electron chi connectivity index (χ4n) is 2.41.